The molecule has 9 heteroatoms. The third-order valence-electron chi connectivity index (χ3n) is 3.96. The van der Waals surface area contributed by atoms with E-state index in [4.69, 9.17) is 17.3 Å². The van der Waals surface area contributed by atoms with Gasteiger partial charge in [-0.05, 0) is 13.0 Å². The lowest BCUT2D eigenvalue weighted by Crippen LogP contribution is -2.22. The molecule has 5 nitrogen and oxygen atoms in total. The number of nitrogens with one attached hydrogen (secondary N) is 1. The third kappa shape index (κ3) is 3.77. The molecule has 1 aromatic heterocycles. The quantitative estimate of drug-likeness (QED) is 0.625. The van der Waals surface area contributed by atoms with E-state index in [0.29, 0.717) is 5.56 Å². The van der Waals surface area contributed by atoms with E-state index >= 15 is 0 Å². The number of anilines is 1. The van der Waals surface area contributed by atoms with Crippen molar-refractivity contribution in [3.8, 4) is 22.6 Å². The Bertz CT molecular complexity index is 1060. The number of amides is 1. The number of hydrogen-bond acceptors (Lipinski definition) is 4. The molecule has 0 fully saturated rings. The first-order chi connectivity index (χ1) is 13.3. The molecule has 0 spiro atoms. The van der Waals surface area contributed by atoms with Gasteiger partial charge in [0, 0.05) is 11.1 Å². The van der Waals surface area contributed by atoms with Gasteiger partial charge in [-0.2, -0.15) is 0 Å². The number of nitrogens with two attached hydrogens (primary N) is 1. The molecular formula is C19H14ClF3N4O. The molecule has 3 aromatic rings. The van der Waals surface area contributed by atoms with Crippen molar-refractivity contribution in [1.82, 2.24) is 9.97 Å². The van der Waals surface area contributed by atoms with Crippen molar-refractivity contribution >= 4 is 23.3 Å². The number of rotatable bonds is 5. The van der Waals surface area contributed by atoms with E-state index in [2.05, 4.69) is 15.3 Å². The molecule has 0 saturated heterocycles. The highest BCUT2D eigenvalue weighted by Crippen LogP contribution is 2.35. The van der Waals surface area contributed by atoms with E-state index in [1.807, 2.05) is 0 Å². The minimum absolute atomic E-state index is 0.0230. The normalized spacial score (nSPS) is 10.8. The first-order valence-electron chi connectivity index (χ1n) is 8.09. The Labute approximate surface area is 163 Å². The molecule has 0 atom stereocenters. The fourth-order valence-electron chi connectivity index (χ4n) is 2.49. The lowest BCUT2D eigenvalue weighted by molar-refractivity contribution is -0.116. The van der Waals surface area contributed by atoms with Gasteiger partial charge in [0.05, 0.1) is 17.8 Å². The summed E-state index contributed by atoms with van der Waals surface area (Å²) in [6.45, 7) is 0.818. The Balaban J connectivity index is 2.25. The first-order valence-corrected chi connectivity index (χ1v) is 8.47. The predicted molar refractivity (Wildman–Crippen MR) is 100 cm³/mol. The number of nitrogens with zero attached hydrogens (tertiary/aromatic N) is 2. The van der Waals surface area contributed by atoms with Crippen LogP contribution in [-0.4, -0.2) is 22.4 Å². The number of carbonyl (C=O) groups is 1. The van der Waals surface area contributed by atoms with Gasteiger partial charge in [-0.25, -0.2) is 23.1 Å². The van der Waals surface area contributed by atoms with Crippen LogP contribution in [0.5, 0.6) is 0 Å². The highest BCUT2D eigenvalue weighted by molar-refractivity contribution is 6.35. The van der Waals surface area contributed by atoms with Crippen molar-refractivity contribution in [3.63, 3.8) is 0 Å². The van der Waals surface area contributed by atoms with Crippen molar-refractivity contribution in [2.24, 2.45) is 5.73 Å². The number of hydrogen-bond donors (Lipinski definition) is 2. The van der Waals surface area contributed by atoms with E-state index < -0.39 is 34.5 Å². The molecule has 0 aliphatic rings. The maximum absolute atomic E-state index is 14.5. The van der Waals surface area contributed by atoms with Gasteiger partial charge < -0.3 is 11.1 Å². The maximum Gasteiger partial charge on any atom is 0.236 e. The van der Waals surface area contributed by atoms with Crippen molar-refractivity contribution in [2.45, 2.75) is 6.92 Å². The van der Waals surface area contributed by atoms with Crippen LogP contribution in [-0.2, 0) is 4.79 Å². The fraction of sp³-hybridized carbons (Fsp3) is 0.105. The largest absolute Gasteiger partial charge is 0.368 e. The summed E-state index contributed by atoms with van der Waals surface area (Å²) in [5.41, 5.74) is 4.95. The Kier molecular flexibility index (Phi) is 5.51. The van der Waals surface area contributed by atoms with E-state index in [1.165, 1.54) is 0 Å². The van der Waals surface area contributed by atoms with Crippen LogP contribution in [0.2, 0.25) is 5.02 Å². The fourth-order valence-corrected chi connectivity index (χ4v) is 2.75. The molecule has 3 N–H and O–H groups in total. The smallest absolute Gasteiger partial charge is 0.236 e. The van der Waals surface area contributed by atoms with Gasteiger partial charge in [0.2, 0.25) is 5.91 Å². The van der Waals surface area contributed by atoms with E-state index in [1.54, 1.807) is 30.3 Å². The van der Waals surface area contributed by atoms with Crippen LogP contribution in [0, 0.1) is 24.4 Å². The van der Waals surface area contributed by atoms with E-state index in [0.717, 1.165) is 13.0 Å². The van der Waals surface area contributed by atoms with Gasteiger partial charge in [-0.1, -0.05) is 41.9 Å². The van der Waals surface area contributed by atoms with E-state index in [9.17, 15) is 18.0 Å². The standard InChI is InChI=1S/C19H14ClF3N4O/c1-9-12(21)7-11(16(23)15(9)22)18-26-17(10-5-3-2-4-6-10)14(20)19(27-18)25-8-13(24)28/h2-7H,8H2,1H3,(H2,24,28)(H,25,26,27). The summed E-state index contributed by atoms with van der Waals surface area (Å²) in [4.78, 5) is 19.3. The molecule has 28 heavy (non-hydrogen) atoms. The van der Waals surface area contributed by atoms with Crippen molar-refractivity contribution in [3.05, 3.63) is 64.4 Å². The average molecular weight is 407 g/mol. The summed E-state index contributed by atoms with van der Waals surface area (Å²) in [6, 6.07) is 9.44. The molecule has 0 bridgehead atoms. The van der Waals surface area contributed by atoms with Gasteiger partial charge in [0.1, 0.15) is 16.7 Å². The second kappa shape index (κ2) is 7.85. The number of primary amides is 1. The van der Waals surface area contributed by atoms with E-state index in [-0.39, 0.29) is 28.9 Å². The minimum Gasteiger partial charge on any atom is -0.368 e. The average Bonchev–Trinajstić information content (AvgIpc) is 2.69. The minimum atomic E-state index is -1.33. The van der Waals surface area contributed by atoms with Crippen LogP contribution >= 0.6 is 11.6 Å². The van der Waals surface area contributed by atoms with Crippen LogP contribution in [0.4, 0.5) is 19.0 Å². The van der Waals surface area contributed by atoms with Crippen molar-refractivity contribution < 1.29 is 18.0 Å². The van der Waals surface area contributed by atoms with Crippen LogP contribution in [0.3, 0.4) is 0 Å². The Morgan fingerprint density at radius 3 is 2.46 bits per heavy atom. The topological polar surface area (TPSA) is 80.9 Å². The molecule has 0 unspecified atom stereocenters. The Hall–Kier alpha value is -3.13. The zero-order valence-corrected chi connectivity index (χ0v) is 15.3. The second-order valence-electron chi connectivity index (χ2n) is 5.90. The summed E-state index contributed by atoms with van der Waals surface area (Å²) in [5, 5.41) is 2.67. The van der Waals surface area contributed by atoms with Crippen LogP contribution < -0.4 is 11.1 Å². The molecule has 1 heterocycles. The highest BCUT2D eigenvalue weighted by Gasteiger charge is 2.22. The summed E-state index contributed by atoms with van der Waals surface area (Å²) in [6.07, 6.45) is 0. The molecule has 2 aromatic carbocycles. The Morgan fingerprint density at radius 1 is 1.14 bits per heavy atom. The lowest BCUT2D eigenvalue weighted by atomic mass is 10.1. The molecule has 0 radical (unpaired) electrons. The molecular weight excluding hydrogens is 393 g/mol. The number of benzene rings is 2. The van der Waals surface area contributed by atoms with Crippen molar-refractivity contribution in [2.75, 3.05) is 11.9 Å². The molecule has 0 aliphatic heterocycles. The third-order valence-corrected chi connectivity index (χ3v) is 4.32. The van der Waals surface area contributed by atoms with Gasteiger partial charge in [0.25, 0.3) is 0 Å². The monoisotopic (exact) mass is 406 g/mol. The van der Waals surface area contributed by atoms with Crippen molar-refractivity contribution in [1.29, 1.82) is 0 Å². The summed E-state index contributed by atoms with van der Waals surface area (Å²) in [5.74, 6) is -4.57. The lowest BCUT2D eigenvalue weighted by Gasteiger charge is -2.13. The van der Waals surface area contributed by atoms with Crippen LogP contribution in [0.1, 0.15) is 5.56 Å². The number of carbonyl (C=O) groups excluding carboxylic acids is 1. The maximum atomic E-state index is 14.5. The molecule has 1 amide bonds. The molecule has 0 aliphatic carbocycles. The summed E-state index contributed by atoms with van der Waals surface area (Å²) < 4.78 is 42.5. The summed E-state index contributed by atoms with van der Waals surface area (Å²) >= 11 is 6.33. The summed E-state index contributed by atoms with van der Waals surface area (Å²) in [7, 11) is 0. The Morgan fingerprint density at radius 2 is 1.82 bits per heavy atom. The SMILES string of the molecule is Cc1c(F)cc(-c2nc(NCC(N)=O)c(Cl)c(-c3ccccc3)n2)c(F)c1F. The van der Waals surface area contributed by atoms with Gasteiger partial charge >= 0.3 is 0 Å². The van der Waals surface area contributed by atoms with Gasteiger partial charge in [-0.3, -0.25) is 4.79 Å². The van der Waals surface area contributed by atoms with Gasteiger partial charge in [0.15, 0.2) is 17.5 Å². The number of aromatic nitrogens is 2. The van der Waals surface area contributed by atoms with Gasteiger partial charge in [-0.15, -0.1) is 0 Å². The van der Waals surface area contributed by atoms with Crippen LogP contribution in [0.15, 0.2) is 36.4 Å². The second-order valence-corrected chi connectivity index (χ2v) is 6.28. The number of halogens is 4. The predicted octanol–water partition coefficient (Wildman–Crippen LogP) is 4.09. The highest BCUT2D eigenvalue weighted by atomic mass is 35.5. The van der Waals surface area contributed by atoms with Crippen LogP contribution in [0.25, 0.3) is 22.6 Å². The molecule has 144 valence electrons. The molecule has 3 rings (SSSR count). The zero-order chi connectivity index (χ0) is 20.4. The zero-order valence-electron chi connectivity index (χ0n) is 14.6. The first kappa shape index (κ1) is 19.6. The molecule has 0 saturated carbocycles.